The molecule has 0 saturated carbocycles. The summed E-state index contributed by atoms with van der Waals surface area (Å²) in [5.41, 5.74) is 2.85. The Morgan fingerprint density at radius 2 is 1.71 bits per heavy atom. The van der Waals surface area contributed by atoms with Gasteiger partial charge in [-0.05, 0) is 51.0 Å². The summed E-state index contributed by atoms with van der Waals surface area (Å²) in [4.78, 5) is 12.4. The molecule has 3 nitrogen and oxygen atoms in total. The van der Waals surface area contributed by atoms with Gasteiger partial charge in [0.2, 0.25) is 0 Å². The Labute approximate surface area is 144 Å². The van der Waals surface area contributed by atoms with Crippen molar-refractivity contribution in [3.63, 3.8) is 0 Å². The van der Waals surface area contributed by atoms with E-state index in [1.807, 2.05) is 45.0 Å². The van der Waals surface area contributed by atoms with Crippen LogP contribution in [0.2, 0.25) is 0 Å². The number of methoxy groups -OCH3 is 1. The Kier molecular flexibility index (Phi) is 5.66. The van der Waals surface area contributed by atoms with Gasteiger partial charge < -0.3 is 9.47 Å². The van der Waals surface area contributed by atoms with Gasteiger partial charge in [-0.3, -0.25) is 4.79 Å². The zero-order valence-corrected chi connectivity index (χ0v) is 15.1. The zero-order valence-electron chi connectivity index (χ0n) is 15.1. The summed E-state index contributed by atoms with van der Waals surface area (Å²) in [5.74, 6) is 0.528. The highest BCUT2D eigenvalue weighted by Gasteiger charge is 2.23. The second kappa shape index (κ2) is 7.52. The molecule has 0 aliphatic heterocycles. The van der Waals surface area contributed by atoms with Crippen LogP contribution in [0.1, 0.15) is 49.8 Å². The largest absolute Gasteiger partial charge is 0.497 e. The van der Waals surface area contributed by atoms with Crippen molar-refractivity contribution < 1.29 is 14.3 Å². The van der Waals surface area contributed by atoms with Gasteiger partial charge in [-0.25, -0.2) is 0 Å². The smallest absolute Gasteiger partial charge is 0.307 e. The maximum atomic E-state index is 12.4. The van der Waals surface area contributed by atoms with Crippen molar-refractivity contribution in [3.8, 4) is 5.75 Å². The molecule has 2 aromatic carbocycles. The first-order valence-corrected chi connectivity index (χ1v) is 8.21. The molecule has 1 atom stereocenters. The molecule has 0 aromatic heterocycles. The molecule has 0 heterocycles. The van der Waals surface area contributed by atoms with Crippen LogP contribution in [0.5, 0.6) is 5.75 Å². The molecule has 2 rings (SSSR count). The average Bonchev–Trinajstić information content (AvgIpc) is 2.52. The normalized spacial score (nSPS) is 12.5. The quantitative estimate of drug-likeness (QED) is 0.736. The van der Waals surface area contributed by atoms with Crippen LogP contribution in [0.25, 0.3) is 0 Å². The van der Waals surface area contributed by atoms with Crippen LogP contribution in [-0.2, 0) is 9.53 Å². The van der Waals surface area contributed by atoms with E-state index in [0.29, 0.717) is 6.42 Å². The fourth-order valence-electron chi connectivity index (χ4n) is 2.64. The van der Waals surface area contributed by atoms with Gasteiger partial charge in [0, 0.05) is 5.92 Å². The molecule has 0 spiro atoms. The van der Waals surface area contributed by atoms with Crippen molar-refractivity contribution in [2.45, 2.75) is 45.6 Å². The highest BCUT2D eigenvalue weighted by atomic mass is 16.6. The van der Waals surface area contributed by atoms with Gasteiger partial charge in [-0.15, -0.1) is 0 Å². The highest BCUT2D eigenvalue weighted by molar-refractivity contribution is 5.72. The molecule has 0 bridgehead atoms. The molecule has 0 aliphatic rings. The third-order valence-corrected chi connectivity index (χ3v) is 3.77. The van der Waals surface area contributed by atoms with E-state index in [9.17, 15) is 4.79 Å². The Hall–Kier alpha value is -2.29. The van der Waals surface area contributed by atoms with E-state index in [0.717, 1.165) is 16.9 Å². The maximum Gasteiger partial charge on any atom is 0.307 e. The van der Waals surface area contributed by atoms with Gasteiger partial charge in [-0.1, -0.05) is 42.0 Å². The average molecular weight is 326 g/mol. The minimum absolute atomic E-state index is 0.0597. The summed E-state index contributed by atoms with van der Waals surface area (Å²) in [5, 5.41) is 0. The number of carbonyl (C=O) groups excluding carboxylic acids is 1. The summed E-state index contributed by atoms with van der Waals surface area (Å²) in [7, 11) is 1.65. The number of hydrogen-bond donors (Lipinski definition) is 0. The van der Waals surface area contributed by atoms with Crippen molar-refractivity contribution in [1.29, 1.82) is 0 Å². The number of carbonyl (C=O) groups is 1. The number of aryl methyl sites for hydroxylation is 1. The molecule has 0 aliphatic carbocycles. The van der Waals surface area contributed by atoms with E-state index in [2.05, 4.69) is 31.2 Å². The van der Waals surface area contributed by atoms with Crippen LogP contribution in [0.4, 0.5) is 0 Å². The summed E-state index contributed by atoms with van der Waals surface area (Å²) in [6.07, 6.45) is 0.299. The molecule has 1 unspecified atom stereocenters. The lowest BCUT2D eigenvalue weighted by Gasteiger charge is -2.23. The lowest BCUT2D eigenvalue weighted by Crippen LogP contribution is -2.25. The first kappa shape index (κ1) is 18.1. The second-order valence-corrected chi connectivity index (χ2v) is 7.03. The van der Waals surface area contributed by atoms with E-state index in [1.165, 1.54) is 5.56 Å². The predicted octanol–water partition coefficient (Wildman–Crippen LogP) is 4.87. The molecule has 24 heavy (non-hydrogen) atoms. The Morgan fingerprint density at radius 1 is 1.04 bits per heavy atom. The monoisotopic (exact) mass is 326 g/mol. The summed E-state index contributed by atoms with van der Waals surface area (Å²) in [6, 6.07) is 16.1. The van der Waals surface area contributed by atoms with Gasteiger partial charge in [-0.2, -0.15) is 0 Å². The molecule has 0 radical (unpaired) electrons. The van der Waals surface area contributed by atoms with Crippen molar-refractivity contribution in [2.24, 2.45) is 0 Å². The predicted molar refractivity (Wildman–Crippen MR) is 96.5 cm³/mol. The van der Waals surface area contributed by atoms with Crippen LogP contribution < -0.4 is 4.74 Å². The fourth-order valence-corrected chi connectivity index (χ4v) is 2.64. The Balaban J connectivity index is 2.34. The third-order valence-electron chi connectivity index (χ3n) is 3.77. The van der Waals surface area contributed by atoms with E-state index < -0.39 is 5.60 Å². The number of ether oxygens (including phenoxy) is 2. The third kappa shape index (κ3) is 5.12. The second-order valence-electron chi connectivity index (χ2n) is 7.03. The van der Waals surface area contributed by atoms with Crippen LogP contribution >= 0.6 is 0 Å². The number of hydrogen-bond acceptors (Lipinski definition) is 3. The van der Waals surface area contributed by atoms with Gasteiger partial charge in [0.15, 0.2) is 0 Å². The molecule has 0 fully saturated rings. The van der Waals surface area contributed by atoms with Gasteiger partial charge >= 0.3 is 5.97 Å². The molecule has 128 valence electrons. The lowest BCUT2D eigenvalue weighted by molar-refractivity contribution is -0.155. The highest BCUT2D eigenvalue weighted by Crippen LogP contribution is 2.31. The minimum Gasteiger partial charge on any atom is -0.497 e. The van der Waals surface area contributed by atoms with Crippen LogP contribution in [-0.4, -0.2) is 18.7 Å². The number of rotatable bonds is 5. The van der Waals surface area contributed by atoms with E-state index in [-0.39, 0.29) is 11.9 Å². The number of esters is 1. The van der Waals surface area contributed by atoms with Gasteiger partial charge in [0.1, 0.15) is 11.4 Å². The van der Waals surface area contributed by atoms with Crippen molar-refractivity contribution >= 4 is 5.97 Å². The summed E-state index contributed by atoms with van der Waals surface area (Å²) >= 11 is 0. The van der Waals surface area contributed by atoms with Crippen LogP contribution in [0.15, 0.2) is 48.5 Å². The first-order valence-electron chi connectivity index (χ1n) is 8.21. The molecule has 0 amide bonds. The van der Waals surface area contributed by atoms with Crippen molar-refractivity contribution in [2.75, 3.05) is 7.11 Å². The number of benzene rings is 2. The van der Waals surface area contributed by atoms with Crippen LogP contribution in [0.3, 0.4) is 0 Å². The first-order chi connectivity index (χ1) is 11.3. The lowest BCUT2D eigenvalue weighted by atomic mass is 9.88. The summed E-state index contributed by atoms with van der Waals surface area (Å²) < 4.78 is 10.9. The topological polar surface area (TPSA) is 35.5 Å². The fraction of sp³-hybridized carbons (Fsp3) is 0.381. The van der Waals surface area contributed by atoms with Crippen LogP contribution in [0, 0.1) is 6.92 Å². The van der Waals surface area contributed by atoms with Crippen molar-refractivity contribution in [1.82, 2.24) is 0 Å². The van der Waals surface area contributed by atoms with E-state index >= 15 is 0 Å². The minimum atomic E-state index is -0.483. The van der Waals surface area contributed by atoms with E-state index in [1.54, 1.807) is 7.11 Å². The van der Waals surface area contributed by atoms with Gasteiger partial charge in [0.25, 0.3) is 0 Å². The molecule has 2 aromatic rings. The van der Waals surface area contributed by atoms with Gasteiger partial charge in [0.05, 0.1) is 13.5 Å². The molecule has 0 saturated heterocycles. The Morgan fingerprint density at radius 3 is 2.29 bits per heavy atom. The molecular formula is C21H26O3. The Bertz CT molecular complexity index is 681. The SMILES string of the molecule is COc1cccc(C(CC(=O)OC(C)(C)C)c2ccc(C)cc2)c1. The summed E-state index contributed by atoms with van der Waals surface area (Å²) in [6.45, 7) is 7.71. The maximum absolute atomic E-state index is 12.4. The molecular weight excluding hydrogens is 300 g/mol. The standard InChI is InChI=1S/C21H26O3/c1-15-9-11-16(12-10-15)19(14-20(22)24-21(2,3)4)17-7-6-8-18(13-17)23-5/h6-13,19H,14H2,1-5H3. The van der Waals surface area contributed by atoms with Crippen molar-refractivity contribution in [3.05, 3.63) is 65.2 Å². The molecule has 0 N–H and O–H groups in total. The molecule has 3 heteroatoms. The van der Waals surface area contributed by atoms with E-state index in [4.69, 9.17) is 9.47 Å². The zero-order chi connectivity index (χ0) is 17.7.